The predicted molar refractivity (Wildman–Crippen MR) is 146 cm³/mol. The minimum absolute atomic E-state index is 0.0372. The number of carbonyl (C=O) groups is 3. The van der Waals surface area contributed by atoms with Crippen LogP contribution in [0, 0.1) is 5.82 Å². The van der Waals surface area contributed by atoms with Crippen LogP contribution in [-0.2, 0) is 16.0 Å². The zero-order valence-electron chi connectivity index (χ0n) is 22.2. The van der Waals surface area contributed by atoms with Crippen molar-refractivity contribution in [2.75, 3.05) is 19.6 Å². The first kappa shape index (κ1) is 28.5. The maximum Gasteiger partial charge on any atom is 0.410 e. The molecule has 39 heavy (non-hydrogen) atoms. The Bertz CT molecular complexity index is 1330. The number of fused-ring (bicyclic) bond motifs is 1. The van der Waals surface area contributed by atoms with Crippen molar-refractivity contribution in [2.24, 2.45) is 0 Å². The average molecular weight is 558 g/mol. The molecule has 0 radical (unpaired) electrons. The minimum atomic E-state index is -0.842. The number of H-pyrrole nitrogens is 1. The molecule has 11 heteroatoms. The third-order valence-corrected chi connectivity index (χ3v) is 6.68. The van der Waals surface area contributed by atoms with Crippen molar-refractivity contribution < 1.29 is 23.5 Å². The molecular formula is C28H33ClFN5O4. The number of nitrogens with zero attached hydrogens (tertiary/aromatic N) is 2. The number of aromatic nitrogens is 2. The molecule has 3 heterocycles. The summed E-state index contributed by atoms with van der Waals surface area (Å²) in [5.41, 5.74) is 1.08. The molecule has 0 aliphatic carbocycles. The van der Waals surface area contributed by atoms with Gasteiger partial charge in [0.25, 0.3) is 5.91 Å². The summed E-state index contributed by atoms with van der Waals surface area (Å²) in [6, 6.07) is 8.33. The summed E-state index contributed by atoms with van der Waals surface area (Å²) in [6.07, 6.45) is 2.75. The van der Waals surface area contributed by atoms with Gasteiger partial charge in [0, 0.05) is 24.5 Å². The number of pyridine rings is 1. The Labute approximate surface area is 231 Å². The van der Waals surface area contributed by atoms with Gasteiger partial charge in [-0.2, -0.15) is 0 Å². The number of benzene rings is 1. The molecular weight excluding hydrogens is 525 g/mol. The second-order valence-corrected chi connectivity index (χ2v) is 11.1. The number of halogens is 2. The zero-order chi connectivity index (χ0) is 28.2. The van der Waals surface area contributed by atoms with Gasteiger partial charge in [-0.25, -0.2) is 14.2 Å². The Morgan fingerprint density at radius 1 is 1.18 bits per heavy atom. The van der Waals surface area contributed by atoms with Gasteiger partial charge in [0.05, 0.1) is 24.3 Å². The number of piperidine rings is 1. The summed E-state index contributed by atoms with van der Waals surface area (Å²) in [7, 11) is 0. The van der Waals surface area contributed by atoms with E-state index in [1.807, 2.05) is 20.8 Å². The summed E-state index contributed by atoms with van der Waals surface area (Å²) in [5.74, 6) is -1.04. The van der Waals surface area contributed by atoms with Crippen LogP contribution in [0.1, 0.15) is 49.7 Å². The minimum Gasteiger partial charge on any atom is -0.444 e. The predicted octanol–water partition coefficient (Wildman–Crippen LogP) is 4.25. The molecule has 1 aliphatic heterocycles. The number of carbonyl (C=O) groups excluding carboxylic acids is 3. The van der Waals surface area contributed by atoms with E-state index in [-0.39, 0.29) is 42.4 Å². The summed E-state index contributed by atoms with van der Waals surface area (Å²) >= 11 is 5.95. The quantitative estimate of drug-likeness (QED) is 0.356. The summed E-state index contributed by atoms with van der Waals surface area (Å²) < 4.78 is 18.9. The van der Waals surface area contributed by atoms with Crippen molar-refractivity contribution in [1.82, 2.24) is 25.5 Å². The Morgan fingerprint density at radius 3 is 2.54 bits per heavy atom. The van der Waals surface area contributed by atoms with Gasteiger partial charge in [0.15, 0.2) is 5.78 Å². The van der Waals surface area contributed by atoms with E-state index in [1.54, 1.807) is 29.2 Å². The molecule has 3 aromatic rings. The van der Waals surface area contributed by atoms with Crippen LogP contribution < -0.4 is 10.6 Å². The lowest BCUT2D eigenvalue weighted by molar-refractivity contribution is -0.120. The number of Topliss-reactive ketones (excluding diaryl/α,β-unsaturated/α-hetero) is 1. The van der Waals surface area contributed by atoms with Crippen LogP contribution in [0.2, 0.25) is 5.15 Å². The molecule has 1 unspecified atom stereocenters. The van der Waals surface area contributed by atoms with E-state index >= 15 is 0 Å². The maximum atomic E-state index is 13.4. The van der Waals surface area contributed by atoms with Crippen molar-refractivity contribution in [2.45, 2.75) is 57.7 Å². The Hall–Kier alpha value is -3.50. The monoisotopic (exact) mass is 557 g/mol. The number of amides is 2. The van der Waals surface area contributed by atoms with Gasteiger partial charge in [0.1, 0.15) is 22.3 Å². The fourth-order valence-corrected chi connectivity index (χ4v) is 4.59. The lowest BCUT2D eigenvalue weighted by atomic mass is 10.0. The highest BCUT2D eigenvalue weighted by molar-refractivity contribution is 6.30. The second kappa shape index (κ2) is 12.1. The van der Waals surface area contributed by atoms with Crippen LogP contribution in [0.25, 0.3) is 10.9 Å². The molecule has 2 amide bonds. The van der Waals surface area contributed by atoms with Gasteiger partial charge < -0.3 is 25.3 Å². The molecule has 1 atom stereocenters. The van der Waals surface area contributed by atoms with Crippen molar-refractivity contribution in [1.29, 1.82) is 0 Å². The first-order valence-electron chi connectivity index (χ1n) is 12.9. The lowest BCUT2D eigenvalue weighted by Gasteiger charge is -2.34. The van der Waals surface area contributed by atoms with Gasteiger partial charge in [-0.1, -0.05) is 23.7 Å². The van der Waals surface area contributed by atoms with Crippen molar-refractivity contribution >= 4 is 40.3 Å². The number of likely N-dealkylation sites (tertiary alicyclic amines) is 1. The molecule has 1 saturated heterocycles. The van der Waals surface area contributed by atoms with Crippen molar-refractivity contribution in [3.05, 3.63) is 64.8 Å². The number of ketones is 1. The van der Waals surface area contributed by atoms with Gasteiger partial charge in [-0.3, -0.25) is 9.59 Å². The van der Waals surface area contributed by atoms with E-state index in [9.17, 15) is 18.8 Å². The number of nitrogens with one attached hydrogen (secondary N) is 3. The van der Waals surface area contributed by atoms with Crippen LogP contribution in [0.15, 0.2) is 42.6 Å². The third-order valence-electron chi connectivity index (χ3n) is 6.48. The van der Waals surface area contributed by atoms with Gasteiger partial charge in [-0.15, -0.1) is 0 Å². The SMILES string of the molecule is CC(C)(C)OC(=O)N1CCC(NCC(=O)C(Cc2ccc(F)cc2)NC(=O)c2cc3cc(Cl)ncc3[nH]2)CC1. The summed E-state index contributed by atoms with van der Waals surface area (Å²) in [6.45, 7) is 6.58. The van der Waals surface area contributed by atoms with Crippen LogP contribution in [0.3, 0.4) is 0 Å². The molecule has 4 rings (SSSR count). The van der Waals surface area contributed by atoms with Crippen molar-refractivity contribution in [3.8, 4) is 0 Å². The van der Waals surface area contributed by atoms with Crippen molar-refractivity contribution in [3.63, 3.8) is 0 Å². The van der Waals surface area contributed by atoms with Crippen LogP contribution in [0.4, 0.5) is 9.18 Å². The van der Waals surface area contributed by atoms with E-state index in [1.165, 1.54) is 18.3 Å². The highest BCUT2D eigenvalue weighted by Crippen LogP contribution is 2.19. The molecule has 1 fully saturated rings. The van der Waals surface area contributed by atoms with E-state index in [2.05, 4.69) is 20.6 Å². The fraction of sp³-hybridized carbons (Fsp3) is 0.429. The molecule has 3 N–H and O–H groups in total. The first-order valence-corrected chi connectivity index (χ1v) is 13.3. The standard InChI is InChI=1S/C28H33ClFN5O4/c1-28(2,3)39-27(38)35-10-8-20(9-11-35)31-16-24(36)21(12-17-4-6-19(30)7-5-17)34-26(37)22-13-18-14-25(29)32-15-23(18)33-22/h4-7,13-15,20-21,31,33H,8-12,16H2,1-3H3,(H,34,37). The molecule has 9 nitrogen and oxygen atoms in total. The normalized spacial score (nSPS) is 15.3. The number of rotatable bonds is 8. The zero-order valence-corrected chi connectivity index (χ0v) is 23.0. The van der Waals surface area contributed by atoms with E-state index in [0.29, 0.717) is 42.2 Å². The van der Waals surface area contributed by atoms with Gasteiger partial charge in [-0.05, 0) is 69.9 Å². The Balaban J connectivity index is 1.38. The smallest absolute Gasteiger partial charge is 0.410 e. The number of hydrogen-bond acceptors (Lipinski definition) is 6. The maximum absolute atomic E-state index is 13.4. The van der Waals surface area contributed by atoms with E-state index in [4.69, 9.17) is 16.3 Å². The third kappa shape index (κ3) is 8.00. The molecule has 2 aromatic heterocycles. The Morgan fingerprint density at radius 2 is 1.87 bits per heavy atom. The van der Waals surface area contributed by atoms with Gasteiger partial charge >= 0.3 is 6.09 Å². The second-order valence-electron chi connectivity index (χ2n) is 10.7. The first-order chi connectivity index (χ1) is 18.5. The molecule has 0 bridgehead atoms. The van der Waals surface area contributed by atoms with E-state index in [0.717, 1.165) is 5.39 Å². The average Bonchev–Trinajstić information content (AvgIpc) is 3.31. The van der Waals surface area contributed by atoms with Crippen LogP contribution in [-0.4, -0.2) is 70.0 Å². The van der Waals surface area contributed by atoms with Gasteiger partial charge in [0.2, 0.25) is 0 Å². The van der Waals surface area contributed by atoms with Crippen LogP contribution in [0.5, 0.6) is 0 Å². The lowest BCUT2D eigenvalue weighted by Crippen LogP contribution is -2.50. The topological polar surface area (TPSA) is 116 Å². The fourth-order valence-electron chi connectivity index (χ4n) is 4.43. The number of hydrogen-bond donors (Lipinski definition) is 3. The molecule has 1 aromatic carbocycles. The van der Waals surface area contributed by atoms with E-state index < -0.39 is 17.6 Å². The summed E-state index contributed by atoms with van der Waals surface area (Å²) in [5, 5.41) is 7.13. The Kier molecular flexibility index (Phi) is 8.87. The highest BCUT2D eigenvalue weighted by Gasteiger charge is 2.28. The summed E-state index contributed by atoms with van der Waals surface area (Å²) in [4.78, 5) is 47.4. The molecule has 208 valence electrons. The molecule has 0 saturated carbocycles. The highest BCUT2D eigenvalue weighted by atomic mass is 35.5. The number of aromatic amines is 1. The largest absolute Gasteiger partial charge is 0.444 e. The van der Waals surface area contributed by atoms with Crippen LogP contribution >= 0.6 is 11.6 Å². The molecule has 0 spiro atoms. The molecule has 1 aliphatic rings. The number of ether oxygens (including phenoxy) is 1.